The van der Waals surface area contributed by atoms with Gasteiger partial charge in [-0.3, -0.25) is 4.90 Å². The molecule has 2 unspecified atom stereocenters. The third-order valence-corrected chi connectivity index (χ3v) is 3.81. The van der Waals surface area contributed by atoms with Crippen LogP contribution in [0.1, 0.15) is 31.7 Å². The van der Waals surface area contributed by atoms with E-state index in [2.05, 4.69) is 11.8 Å². The average Bonchev–Trinajstić information content (AvgIpc) is 2.34. The summed E-state index contributed by atoms with van der Waals surface area (Å²) in [6.07, 6.45) is 3.67. The maximum absolute atomic E-state index is 9.83. The van der Waals surface area contributed by atoms with E-state index in [1.54, 1.807) is 6.07 Å². The monoisotopic (exact) mass is 234 g/mol. The summed E-state index contributed by atoms with van der Waals surface area (Å²) >= 11 is 0. The van der Waals surface area contributed by atoms with Crippen molar-refractivity contribution in [2.75, 3.05) is 6.54 Å². The van der Waals surface area contributed by atoms with Crippen molar-refractivity contribution in [3.8, 4) is 5.75 Å². The van der Waals surface area contributed by atoms with E-state index in [-0.39, 0.29) is 0 Å². The molecule has 1 saturated heterocycles. The highest BCUT2D eigenvalue weighted by atomic mass is 16.3. The van der Waals surface area contributed by atoms with Crippen molar-refractivity contribution in [1.29, 1.82) is 0 Å². The molecule has 3 nitrogen and oxygen atoms in total. The number of phenolic OH excluding ortho intramolecular Hbond substituents is 1. The van der Waals surface area contributed by atoms with E-state index >= 15 is 0 Å². The number of nitrogens with two attached hydrogens (primary N) is 1. The summed E-state index contributed by atoms with van der Waals surface area (Å²) in [5, 5.41) is 9.83. The van der Waals surface area contributed by atoms with Crippen molar-refractivity contribution < 1.29 is 5.11 Å². The number of hydrogen-bond acceptors (Lipinski definition) is 3. The van der Waals surface area contributed by atoms with Gasteiger partial charge in [-0.05, 0) is 25.8 Å². The molecule has 1 aromatic rings. The van der Waals surface area contributed by atoms with Crippen LogP contribution in [0, 0.1) is 0 Å². The van der Waals surface area contributed by atoms with Crippen molar-refractivity contribution in [2.45, 2.75) is 44.8 Å². The van der Waals surface area contributed by atoms with Gasteiger partial charge in [-0.15, -0.1) is 0 Å². The van der Waals surface area contributed by atoms with Crippen LogP contribution in [-0.4, -0.2) is 28.6 Å². The highest BCUT2D eigenvalue weighted by Crippen LogP contribution is 2.26. The number of aromatic hydroxyl groups is 1. The molecule has 2 rings (SSSR count). The second-order valence-electron chi connectivity index (χ2n) is 4.97. The average molecular weight is 234 g/mol. The summed E-state index contributed by atoms with van der Waals surface area (Å²) in [5.74, 6) is 0.390. The molecule has 2 atom stereocenters. The predicted molar refractivity (Wildman–Crippen MR) is 69.8 cm³/mol. The molecule has 94 valence electrons. The molecule has 0 bridgehead atoms. The Morgan fingerprint density at radius 2 is 2.12 bits per heavy atom. The zero-order valence-corrected chi connectivity index (χ0v) is 10.5. The minimum atomic E-state index is 0.390. The lowest BCUT2D eigenvalue weighted by atomic mass is 9.95. The first kappa shape index (κ1) is 12.4. The van der Waals surface area contributed by atoms with Gasteiger partial charge < -0.3 is 10.8 Å². The fourth-order valence-electron chi connectivity index (χ4n) is 2.72. The smallest absolute Gasteiger partial charge is 0.120 e. The minimum absolute atomic E-state index is 0.390. The fraction of sp³-hybridized carbons (Fsp3) is 0.571. The Bertz CT molecular complexity index is 367. The second kappa shape index (κ2) is 5.52. The summed E-state index contributed by atoms with van der Waals surface area (Å²) in [6.45, 7) is 3.76. The first-order valence-electron chi connectivity index (χ1n) is 6.45. The fourth-order valence-corrected chi connectivity index (χ4v) is 2.72. The summed E-state index contributed by atoms with van der Waals surface area (Å²) in [6, 6.07) is 8.58. The number of rotatable bonds is 3. The van der Waals surface area contributed by atoms with Gasteiger partial charge in [0.1, 0.15) is 5.75 Å². The molecular weight excluding hydrogens is 212 g/mol. The van der Waals surface area contributed by atoms with E-state index in [4.69, 9.17) is 5.73 Å². The summed E-state index contributed by atoms with van der Waals surface area (Å²) < 4.78 is 0. The molecule has 1 heterocycles. The van der Waals surface area contributed by atoms with Gasteiger partial charge in [0.05, 0.1) is 0 Å². The Hall–Kier alpha value is -1.06. The van der Waals surface area contributed by atoms with Crippen LogP contribution in [0.3, 0.4) is 0 Å². The van der Waals surface area contributed by atoms with E-state index in [0.29, 0.717) is 24.4 Å². The zero-order chi connectivity index (χ0) is 12.3. The molecule has 1 aromatic carbocycles. The molecule has 1 aliphatic rings. The van der Waals surface area contributed by atoms with Gasteiger partial charge in [0.2, 0.25) is 0 Å². The van der Waals surface area contributed by atoms with Crippen molar-refractivity contribution in [3.05, 3.63) is 29.8 Å². The van der Waals surface area contributed by atoms with E-state index in [0.717, 1.165) is 12.1 Å². The molecule has 3 heteroatoms. The van der Waals surface area contributed by atoms with Crippen LogP contribution in [0.5, 0.6) is 5.75 Å². The first-order valence-corrected chi connectivity index (χ1v) is 6.45. The molecule has 17 heavy (non-hydrogen) atoms. The van der Waals surface area contributed by atoms with Gasteiger partial charge in [0.15, 0.2) is 0 Å². The molecule has 0 spiro atoms. The Morgan fingerprint density at radius 1 is 1.35 bits per heavy atom. The highest BCUT2D eigenvalue weighted by molar-refractivity contribution is 5.31. The van der Waals surface area contributed by atoms with E-state index in [1.165, 1.54) is 19.3 Å². The maximum Gasteiger partial charge on any atom is 0.120 e. The number of hydrogen-bond donors (Lipinski definition) is 2. The van der Waals surface area contributed by atoms with Crippen molar-refractivity contribution >= 4 is 0 Å². The first-order chi connectivity index (χ1) is 8.22. The van der Waals surface area contributed by atoms with E-state index in [9.17, 15) is 5.11 Å². The van der Waals surface area contributed by atoms with Crippen molar-refractivity contribution in [3.63, 3.8) is 0 Å². The van der Waals surface area contributed by atoms with Crippen molar-refractivity contribution in [1.82, 2.24) is 4.90 Å². The van der Waals surface area contributed by atoms with Gasteiger partial charge in [-0.2, -0.15) is 0 Å². The van der Waals surface area contributed by atoms with Crippen molar-refractivity contribution in [2.24, 2.45) is 5.73 Å². The van der Waals surface area contributed by atoms with Crippen LogP contribution in [0.15, 0.2) is 24.3 Å². The molecular formula is C14H22N2O. The number of likely N-dealkylation sites (tertiary alicyclic amines) is 1. The van der Waals surface area contributed by atoms with Crippen LogP contribution in [0.4, 0.5) is 0 Å². The Morgan fingerprint density at radius 3 is 2.82 bits per heavy atom. The predicted octanol–water partition coefficient (Wildman–Crippen LogP) is 2.09. The zero-order valence-electron chi connectivity index (χ0n) is 10.5. The lowest BCUT2D eigenvalue weighted by Gasteiger charge is -2.40. The number of para-hydroxylation sites is 1. The number of nitrogens with zero attached hydrogens (tertiary/aromatic N) is 1. The highest BCUT2D eigenvalue weighted by Gasteiger charge is 2.27. The SMILES string of the molecule is CC1CCCC(CN)N1Cc1ccccc1O. The molecule has 0 aliphatic carbocycles. The number of benzene rings is 1. The standard InChI is InChI=1S/C14H22N2O/c1-11-5-4-7-13(9-15)16(11)10-12-6-2-3-8-14(12)17/h2-3,6,8,11,13,17H,4-5,7,9-10,15H2,1H3. The van der Waals surface area contributed by atoms with Crippen LogP contribution >= 0.6 is 0 Å². The maximum atomic E-state index is 9.83. The molecule has 1 aliphatic heterocycles. The van der Waals surface area contributed by atoms with Crippen LogP contribution < -0.4 is 5.73 Å². The van der Waals surface area contributed by atoms with E-state index < -0.39 is 0 Å². The normalized spacial score (nSPS) is 26.0. The molecule has 0 saturated carbocycles. The minimum Gasteiger partial charge on any atom is -0.508 e. The van der Waals surface area contributed by atoms with Crippen LogP contribution in [0.25, 0.3) is 0 Å². The third kappa shape index (κ3) is 2.79. The van der Waals surface area contributed by atoms with Crippen LogP contribution in [-0.2, 0) is 6.54 Å². The lowest BCUT2D eigenvalue weighted by Crippen LogP contribution is -2.48. The lowest BCUT2D eigenvalue weighted by molar-refractivity contribution is 0.0883. The summed E-state index contributed by atoms with van der Waals surface area (Å²) in [7, 11) is 0. The molecule has 0 aromatic heterocycles. The topological polar surface area (TPSA) is 49.5 Å². The third-order valence-electron chi connectivity index (χ3n) is 3.81. The van der Waals surface area contributed by atoms with Gasteiger partial charge in [0, 0.05) is 30.7 Å². The molecule has 0 radical (unpaired) electrons. The second-order valence-corrected chi connectivity index (χ2v) is 4.97. The molecule has 3 N–H and O–H groups in total. The Labute approximate surface area is 103 Å². The van der Waals surface area contributed by atoms with Gasteiger partial charge in [-0.1, -0.05) is 24.6 Å². The van der Waals surface area contributed by atoms with Crippen LogP contribution in [0.2, 0.25) is 0 Å². The quantitative estimate of drug-likeness (QED) is 0.842. The van der Waals surface area contributed by atoms with Gasteiger partial charge >= 0.3 is 0 Å². The molecule has 1 fully saturated rings. The van der Waals surface area contributed by atoms with E-state index in [1.807, 2.05) is 18.2 Å². The number of phenols is 1. The largest absolute Gasteiger partial charge is 0.508 e. The molecule has 0 amide bonds. The number of piperidine rings is 1. The Balaban J connectivity index is 2.12. The summed E-state index contributed by atoms with van der Waals surface area (Å²) in [5.41, 5.74) is 6.84. The summed E-state index contributed by atoms with van der Waals surface area (Å²) in [4.78, 5) is 2.43. The van der Waals surface area contributed by atoms with Gasteiger partial charge in [-0.25, -0.2) is 0 Å². The van der Waals surface area contributed by atoms with Gasteiger partial charge in [0.25, 0.3) is 0 Å². The Kier molecular flexibility index (Phi) is 4.02.